The highest BCUT2D eigenvalue weighted by molar-refractivity contribution is 7.13. The van der Waals surface area contributed by atoms with Crippen molar-refractivity contribution in [1.82, 2.24) is 5.32 Å². The van der Waals surface area contributed by atoms with E-state index in [1.54, 1.807) is 0 Å². The third-order valence-electron chi connectivity index (χ3n) is 2.99. The Morgan fingerprint density at radius 3 is 2.65 bits per heavy atom. The van der Waals surface area contributed by atoms with Gasteiger partial charge in [0.05, 0.1) is 17.7 Å². The smallest absolute Gasteiger partial charge is 0.263 e. The van der Waals surface area contributed by atoms with Gasteiger partial charge in [-0.2, -0.15) is 0 Å². The lowest BCUT2D eigenvalue weighted by Crippen LogP contribution is -2.38. The molecule has 2 aromatic rings. The lowest BCUT2D eigenvalue weighted by atomic mass is 10.1. The van der Waals surface area contributed by atoms with Crippen LogP contribution in [0.5, 0.6) is 0 Å². The molecule has 0 saturated carbocycles. The molecule has 3 nitrogen and oxygen atoms in total. The number of halogens is 1. The van der Waals surface area contributed by atoms with Crippen molar-refractivity contribution < 1.29 is 9.90 Å². The quantitative estimate of drug-likeness (QED) is 0.892. The highest BCUT2D eigenvalue weighted by Gasteiger charge is 2.18. The maximum Gasteiger partial charge on any atom is 0.263 e. The summed E-state index contributed by atoms with van der Waals surface area (Å²) in [6.07, 6.45) is 0.588. The molecule has 1 amide bonds. The first kappa shape index (κ1) is 15.0. The van der Waals surface area contributed by atoms with Gasteiger partial charge in [-0.3, -0.25) is 4.79 Å². The number of carbonyl (C=O) groups excluding carboxylic acids is 1. The van der Waals surface area contributed by atoms with Gasteiger partial charge in [-0.25, -0.2) is 0 Å². The number of carbonyl (C=O) groups is 1. The number of hydrogen-bond donors (Lipinski definition) is 2. The third kappa shape index (κ3) is 3.60. The molecule has 0 aliphatic carbocycles. The molecule has 2 rings (SSSR count). The van der Waals surface area contributed by atoms with E-state index in [1.165, 1.54) is 11.3 Å². The maximum atomic E-state index is 12.1. The number of thiophene rings is 1. The Kier molecular flexibility index (Phi) is 5.17. The summed E-state index contributed by atoms with van der Waals surface area (Å²) >= 11 is 7.39. The first-order valence-electron chi connectivity index (χ1n) is 6.31. The Bertz CT molecular complexity index is 583. The fourth-order valence-electron chi connectivity index (χ4n) is 1.89. The highest BCUT2D eigenvalue weighted by Crippen LogP contribution is 2.27. The molecule has 0 unspecified atom stereocenters. The molecule has 0 spiro atoms. The van der Waals surface area contributed by atoms with E-state index in [4.69, 9.17) is 11.6 Å². The van der Waals surface area contributed by atoms with E-state index in [-0.39, 0.29) is 18.6 Å². The zero-order chi connectivity index (χ0) is 14.5. The van der Waals surface area contributed by atoms with E-state index in [1.807, 2.05) is 42.6 Å². The summed E-state index contributed by atoms with van der Waals surface area (Å²) in [5.74, 6) is -0.233. The largest absolute Gasteiger partial charge is 0.394 e. The van der Waals surface area contributed by atoms with Gasteiger partial charge in [-0.15, -0.1) is 11.3 Å². The molecule has 1 heterocycles. The standard InChI is InChI=1S/C15H16ClNO2S/c1-10-9-20-14(13(10)16)15(19)17-12(8-18)7-11-5-3-2-4-6-11/h2-6,9,12,18H,7-8H2,1H3,(H,17,19)/t12-/m0/s1. The molecule has 20 heavy (non-hydrogen) atoms. The molecule has 106 valence electrons. The van der Waals surface area contributed by atoms with E-state index in [9.17, 15) is 9.90 Å². The minimum atomic E-state index is -0.316. The molecule has 1 aromatic carbocycles. The average molecular weight is 310 g/mol. The molecule has 1 aromatic heterocycles. The molecule has 5 heteroatoms. The zero-order valence-electron chi connectivity index (χ0n) is 11.1. The molecule has 0 saturated heterocycles. The predicted octanol–water partition coefficient (Wildman–Crippen LogP) is 3.04. The number of nitrogens with one attached hydrogen (secondary N) is 1. The first-order valence-corrected chi connectivity index (χ1v) is 7.56. The lowest BCUT2D eigenvalue weighted by Gasteiger charge is -2.16. The van der Waals surface area contributed by atoms with Crippen molar-refractivity contribution >= 4 is 28.8 Å². The van der Waals surface area contributed by atoms with Crippen LogP contribution < -0.4 is 5.32 Å². The number of aryl methyl sites for hydroxylation is 1. The van der Waals surface area contributed by atoms with Gasteiger partial charge in [0.15, 0.2) is 0 Å². The second kappa shape index (κ2) is 6.88. The summed E-state index contributed by atoms with van der Waals surface area (Å²) in [6, 6.07) is 9.43. The minimum Gasteiger partial charge on any atom is -0.394 e. The number of aliphatic hydroxyl groups excluding tert-OH is 1. The predicted molar refractivity (Wildman–Crippen MR) is 82.6 cm³/mol. The second-order valence-electron chi connectivity index (χ2n) is 4.60. The molecule has 0 bridgehead atoms. The molecule has 0 fully saturated rings. The molecule has 1 atom stereocenters. The molecular formula is C15H16ClNO2S. The lowest BCUT2D eigenvalue weighted by molar-refractivity contribution is 0.0920. The third-order valence-corrected chi connectivity index (χ3v) is 4.68. The summed E-state index contributed by atoms with van der Waals surface area (Å²) in [5, 5.41) is 14.6. The van der Waals surface area contributed by atoms with Crippen LogP contribution in [0.1, 0.15) is 20.8 Å². The van der Waals surface area contributed by atoms with Crippen molar-refractivity contribution in [3.63, 3.8) is 0 Å². The van der Waals surface area contributed by atoms with Crippen LogP contribution in [0.15, 0.2) is 35.7 Å². The van der Waals surface area contributed by atoms with E-state index < -0.39 is 0 Å². The molecule has 0 radical (unpaired) electrons. The van der Waals surface area contributed by atoms with E-state index in [0.29, 0.717) is 16.3 Å². The Balaban J connectivity index is 2.03. The van der Waals surface area contributed by atoms with Crippen molar-refractivity contribution in [3.8, 4) is 0 Å². The number of benzene rings is 1. The van der Waals surface area contributed by atoms with Gasteiger partial charge in [0.2, 0.25) is 0 Å². The highest BCUT2D eigenvalue weighted by atomic mass is 35.5. The molecule has 0 aliphatic rings. The van der Waals surface area contributed by atoms with Crippen LogP contribution in [0.4, 0.5) is 0 Å². The number of amides is 1. The SMILES string of the molecule is Cc1csc(C(=O)N[C@H](CO)Cc2ccccc2)c1Cl. The summed E-state index contributed by atoms with van der Waals surface area (Å²) in [5.41, 5.74) is 1.96. The van der Waals surface area contributed by atoms with Gasteiger partial charge in [-0.05, 0) is 29.9 Å². The summed E-state index contributed by atoms with van der Waals surface area (Å²) in [7, 11) is 0. The number of hydrogen-bond acceptors (Lipinski definition) is 3. The number of aliphatic hydroxyl groups is 1. The van der Waals surface area contributed by atoms with Crippen LogP contribution in [0.2, 0.25) is 5.02 Å². The molecule has 0 aliphatic heterocycles. The normalized spacial score (nSPS) is 12.2. The Hall–Kier alpha value is -1.36. The van der Waals surface area contributed by atoms with Gasteiger partial charge < -0.3 is 10.4 Å². The van der Waals surface area contributed by atoms with Crippen LogP contribution >= 0.6 is 22.9 Å². The fraction of sp³-hybridized carbons (Fsp3) is 0.267. The van der Waals surface area contributed by atoms with Crippen molar-refractivity contribution in [2.75, 3.05) is 6.61 Å². The van der Waals surface area contributed by atoms with Gasteiger partial charge in [-0.1, -0.05) is 41.9 Å². The van der Waals surface area contributed by atoms with E-state index in [0.717, 1.165) is 11.1 Å². The van der Waals surface area contributed by atoms with E-state index in [2.05, 4.69) is 5.32 Å². The van der Waals surface area contributed by atoms with Crippen LogP contribution in [0.25, 0.3) is 0 Å². The first-order chi connectivity index (χ1) is 9.61. The van der Waals surface area contributed by atoms with Crippen LogP contribution in [-0.2, 0) is 6.42 Å². The Morgan fingerprint density at radius 2 is 2.10 bits per heavy atom. The van der Waals surface area contributed by atoms with Gasteiger partial charge in [0, 0.05) is 0 Å². The molecular weight excluding hydrogens is 294 g/mol. The number of rotatable bonds is 5. The molecule has 2 N–H and O–H groups in total. The van der Waals surface area contributed by atoms with Crippen molar-refractivity contribution in [3.05, 3.63) is 56.7 Å². The van der Waals surface area contributed by atoms with Crippen molar-refractivity contribution in [2.45, 2.75) is 19.4 Å². The van der Waals surface area contributed by atoms with Crippen LogP contribution in [0.3, 0.4) is 0 Å². The van der Waals surface area contributed by atoms with Crippen molar-refractivity contribution in [1.29, 1.82) is 0 Å². The Morgan fingerprint density at radius 1 is 1.40 bits per heavy atom. The average Bonchev–Trinajstić information content (AvgIpc) is 2.79. The monoisotopic (exact) mass is 309 g/mol. The van der Waals surface area contributed by atoms with E-state index >= 15 is 0 Å². The summed E-state index contributed by atoms with van der Waals surface area (Å²) < 4.78 is 0. The topological polar surface area (TPSA) is 49.3 Å². The van der Waals surface area contributed by atoms with Gasteiger partial charge in [0.25, 0.3) is 5.91 Å². The van der Waals surface area contributed by atoms with Gasteiger partial charge >= 0.3 is 0 Å². The van der Waals surface area contributed by atoms with Crippen LogP contribution in [-0.4, -0.2) is 23.7 Å². The summed E-state index contributed by atoms with van der Waals surface area (Å²) in [4.78, 5) is 12.6. The fourth-order valence-corrected chi connectivity index (χ4v) is 3.08. The minimum absolute atomic E-state index is 0.109. The Labute approximate surface area is 127 Å². The second-order valence-corrected chi connectivity index (χ2v) is 5.86. The zero-order valence-corrected chi connectivity index (χ0v) is 12.7. The van der Waals surface area contributed by atoms with Gasteiger partial charge in [0.1, 0.15) is 4.88 Å². The summed E-state index contributed by atoms with van der Waals surface area (Å²) in [6.45, 7) is 1.76. The van der Waals surface area contributed by atoms with Crippen molar-refractivity contribution in [2.24, 2.45) is 0 Å². The maximum absolute atomic E-state index is 12.1. The van der Waals surface area contributed by atoms with Crippen LogP contribution in [0, 0.1) is 6.92 Å².